The van der Waals surface area contributed by atoms with Gasteiger partial charge in [0.15, 0.2) is 11.2 Å². The van der Waals surface area contributed by atoms with Crippen LogP contribution in [-0.2, 0) is 7.05 Å². The Morgan fingerprint density at radius 3 is 2.52 bits per heavy atom. The number of nitrogens with zero attached hydrogens (tertiary/aromatic N) is 6. The Kier molecular flexibility index (Phi) is 3.04. The highest BCUT2D eigenvalue weighted by Gasteiger charge is 2.20. The minimum atomic E-state index is -0.191. The Balaban J connectivity index is 2.20. The molecule has 1 atom stereocenters. The molecule has 7 heteroatoms. The Morgan fingerprint density at radius 1 is 1.14 bits per heavy atom. The van der Waals surface area contributed by atoms with Gasteiger partial charge in [0.25, 0.3) is 5.56 Å². The fourth-order valence-electron chi connectivity index (χ4n) is 2.68. The molecule has 0 aromatic carbocycles. The van der Waals surface area contributed by atoms with E-state index in [1.165, 1.54) is 18.7 Å². The minimum Gasteiger partial charge on any atom is -0.290 e. The average molecular weight is 284 g/mol. The summed E-state index contributed by atoms with van der Waals surface area (Å²) >= 11 is 0. The summed E-state index contributed by atoms with van der Waals surface area (Å²) in [5.41, 5.74) is 3.43. The molecule has 7 nitrogen and oxygen atoms in total. The van der Waals surface area contributed by atoms with E-state index in [2.05, 4.69) is 20.1 Å². The molecule has 0 amide bonds. The molecule has 0 saturated carbocycles. The van der Waals surface area contributed by atoms with Crippen molar-refractivity contribution in [1.82, 2.24) is 29.3 Å². The maximum atomic E-state index is 12.6. The van der Waals surface area contributed by atoms with Crippen LogP contribution in [0.5, 0.6) is 0 Å². The first-order valence-electron chi connectivity index (χ1n) is 6.68. The largest absolute Gasteiger partial charge is 0.290 e. The second-order valence-corrected chi connectivity index (χ2v) is 5.07. The molecule has 0 saturated heterocycles. The molecule has 3 rings (SSSR count). The molecule has 21 heavy (non-hydrogen) atoms. The Morgan fingerprint density at radius 2 is 1.86 bits per heavy atom. The van der Waals surface area contributed by atoms with Gasteiger partial charge in [0.2, 0.25) is 0 Å². The van der Waals surface area contributed by atoms with E-state index in [0.29, 0.717) is 5.65 Å². The molecule has 0 unspecified atom stereocenters. The van der Waals surface area contributed by atoms with Crippen LogP contribution >= 0.6 is 0 Å². The van der Waals surface area contributed by atoms with Gasteiger partial charge in [-0.05, 0) is 20.8 Å². The van der Waals surface area contributed by atoms with E-state index in [9.17, 15) is 4.79 Å². The van der Waals surface area contributed by atoms with Gasteiger partial charge in [0.05, 0.1) is 11.7 Å². The van der Waals surface area contributed by atoms with Gasteiger partial charge in [-0.2, -0.15) is 5.10 Å². The van der Waals surface area contributed by atoms with Crippen LogP contribution < -0.4 is 5.56 Å². The van der Waals surface area contributed by atoms with Gasteiger partial charge in [-0.15, -0.1) is 0 Å². The summed E-state index contributed by atoms with van der Waals surface area (Å²) in [7, 11) is 1.89. The number of fused-ring (bicyclic) bond motifs is 1. The minimum absolute atomic E-state index is 0.162. The fourth-order valence-corrected chi connectivity index (χ4v) is 2.68. The lowest BCUT2D eigenvalue weighted by Gasteiger charge is -2.15. The summed E-state index contributed by atoms with van der Waals surface area (Å²) < 4.78 is 3.40. The third kappa shape index (κ3) is 2.01. The van der Waals surface area contributed by atoms with Crippen molar-refractivity contribution in [1.29, 1.82) is 0 Å². The SMILES string of the molecule is Cc1nn(C)c(C)c1[C@@H](C)n1cnc2nccnc2c1=O. The fraction of sp³-hybridized carbons (Fsp3) is 0.357. The summed E-state index contributed by atoms with van der Waals surface area (Å²) in [4.78, 5) is 24.9. The molecule has 0 aliphatic carbocycles. The van der Waals surface area contributed by atoms with Gasteiger partial charge in [0, 0.05) is 30.7 Å². The van der Waals surface area contributed by atoms with E-state index in [0.717, 1.165) is 17.0 Å². The van der Waals surface area contributed by atoms with Gasteiger partial charge in [-0.1, -0.05) is 0 Å². The molecule has 0 spiro atoms. The van der Waals surface area contributed by atoms with Crippen LogP contribution in [0.3, 0.4) is 0 Å². The van der Waals surface area contributed by atoms with Crippen LogP contribution in [0.25, 0.3) is 11.2 Å². The Labute approximate surface area is 121 Å². The van der Waals surface area contributed by atoms with E-state index in [-0.39, 0.29) is 17.1 Å². The zero-order valence-electron chi connectivity index (χ0n) is 12.4. The first-order valence-corrected chi connectivity index (χ1v) is 6.68. The predicted octanol–water partition coefficient (Wildman–Crippen LogP) is 1.15. The molecular weight excluding hydrogens is 268 g/mol. The molecule has 0 aliphatic rings. The van der Waals surface area contributed by atoms with E-state index in [1.807, 2.05) is 32.5 Å². The zero-order valence-corrected chi connectivity index (χ0v) is 12.4. The molecule has 3 aromatic rings. The van der Waals surface area contributed by atoms with Crippen LogP contribution in [0, 0.1) is 13.8 Å². The van der Waals surface area contributed by atoms with Crippen LogP contribution in [-0.4, -0.2) is 29.3 Å². The van der Waals surface area contributed by atoms with Gasteiger partial charge in [-0.3, -0.25) is 14.0 Å². The Hall–Kier alpha value is -2.57. The summed E-state index contributed by atoms with van der Waals surface area (Å²) in [6, 6.07) is -0.162. The van der Waals surface area contributed by atoms with Gasteiger partial charge in [0.1, 0.15) is 6.33 Å². The monoisotopic (exact) mass is 284 g/mol. The second-order valence-electron chi connectivity index (χ2n) is 5.07. The summed E-state index contributed by atoms with van der Waals surface area (Å²) in [5, 5.41) is 4.40. The predicted molar refractivity (Wildman–Crippen MR) is 78.1 cm³/mol. The zero-order chi connectivity index (χ0) is 15.1. The van der Waals surface area contributed by atoms with Crippen molar-refractivity contribution >= 4 is 11.2 Å². The summed E-state index contributed by atoms with van der Waals surface area (Å²) in [6.07, 6.45) is 4.55. The molecule has 0 aliphatic heterocycles. The van der Waals surface area contributed by atoms with Crippen molar-refractivity contribution in [2.75, 3.05) is 0 Å². The highest BCUT2D eigenvalue weighted by atomic mass is 16.1. The molecule has 0 bridgehead atoms. The van der Waals surface area contributed by atoms with Crippen molar-refractivity contribution in [2.24, 2.45) is 7.05 Å². The number of hydrogen-bond acceptors (Lipinski definition) is 5. The van der Waals surface area contributed by atoms with Crippen molar-refractivity contribution in [3.05, 3.63) is 46.0 Å². The molecule has 3 aromatic heterocycles. The summed E-state index contributed by atoms with van der Waals surface area (Å²) in [5.74, 6) is 0. The topological polar surface area (TPSA) is 78.5 Å². The highest BCUT2D eigenvalue weighted by molar-refractivity contribution is 5.67. The van der Waals surface area contributed by atoms with Gasteiger partial charge >= 0.3 is 0 Å². The molecule has 0 fully saturated rings. The van der Waals surface area contributed by atoms with Crippen molar-refractivity contribution in [3.8, 4) is 0 Å². The van der Waals surface area contributed by atoms with Crippen molar-refractivity contribution in [2.45, 2.75) is 26.8 Å². The van der Waals surface area contributed by atoms with E-state index in [1.54, 1.807) is 4.57 Å². The van der Waals surface area contributed by atoms with Gasteiger partial charge < -0.3 is 0 Å². The lowest BCUT2D eigenvalue weighted by atomic mass is 10.1. The normalized spacial score (nSPS) is 12.8. The molecule has 108 valence electrons. The van der Waals surface area contributed by atoms with E-state index in [4.69, 9.17) is 0 Å². The second kappa shape index (κ2) is 4.76. The lowest BCUT2D eigenvalue weighted by Crippen LogP contribution is -2.26. The van der Waals surface area contributed by atoms with Crippen molar-refractivity contribution in [3.63, 3.8) is 0 Å². The molecule has 3 heterocycles. The number of hydrogen-bond donors (Lipinski definition) is 0. The molecular formula is C14H16N6O. The Bertz CT molecular complexity index is 879. The molecule has 0 N–H and O–H groups in total. The first kappa shape index (κ1) is 13.4. The quantitative estimate of drug-likeness (QED) is 0.705. The maximum absolute atomic E-state index is 12.6. The number of aromatic nitrogens is 6. The first-order chi connectivity index (χ1) is 10.0. The number of rotatable bonds is 2. The van der Waals surface area contributed by atoms with E-state index >= 15 is 0 Å². The van der Waals surface area contributed by atoms with Crippen molar-refractivity contribution < 1.29 is 0 Å². The number of aryl methyl sites for hydroxylation is 2. The third-order valence-electron chi connectivity index (χ3n) is 3.82. The standard InChI is InChI=1S/C14H16N6O/c1-8-11(9(2)19(4)18-8)10(3)20-7-17-13-12(14(20)21)15-5-6-16-13/h5-7,10H,1-4H3/t10-/m1/s1. The van der Waals surface area contributed by atoms with E-state index < -0.39 is 0 Å². The van der Waals surface area contributed by atoms with Crippen LogP contribution in [0.4, 0.5) is 0 Å². The highest BCUT2D eigenvalue weighted by Crippen LogP contribution is 2.23. The van der Waals surface area contributed by atoms with Crippen LogP contribution in [0.1, 0.15) is 29.9 Å². The van der Waals surface area contributed by atoms with Crippen LogP contribution in [0.15, 0.2) is 23.5 Å². The van der Waals surface area contributed by atoms with Gasteiger partial charge in [-0.25, -0.2) is 15.0 Å². The third-order valence-corrected chi connectivity index (χ3v) is 3.82. The van der Waals surface area contributed by atoms with Crippen LogP contribution in [0.2, 0.25) is 0 Å². The average Bonchev–Trinajstić information content (AvgIpc) is 2.72. The smallest absolute Gasteiger partial charge is 0.282 e. The molecule has 0 radical (unpaired) electrons. The lowest BCUT2D eigenvalue weighted by molar-refractivity contribution is 0.599. The maximum Gasteiger partial charge on any atom is 0.282 e. The summed E-state index contributed by atoms with van der Waals surface area (Å²) in [6.45, 7) is 5.89.